The van der Waals surface area contributed by atoms with Crippen molar-refractivity contribution in [3.63, 3.8) is 0 Å². The van der Waals surface area contributed by atoms with Crippen LogP contribution in [0.2, 0.25) is 0 Å². The Labute approximate surface area is 221 Å². The van der Waals surface area contributed by atoms with Gasteiger partial charge in [0, 0.05) is 0 Å². The van der Waals surface area contributed by atoms with Gasteiger partial charge in [0.15, 0.2) is 0 Å². The Morgan fingerprint density at radius 1 is 0.667 bits per heavy atom. The first kappa shape index (κ1) is 32.2. The van der Waals surface area contributed by atoms with E-state index in [0.29, 0.717) is 42.1 Å². The molecule has 0 aromatic heterocycles. The monoisotopic (exact) mass is 502 g/mol. The smallest absolute Gasteiger partial charge is 0.339 e. The van der Waals surface area contributed by atoms with E-state index in [4.69, 9.17) is 9.47 Å². The zero-order valence-electron chi connectivity index (χ0n) is 24.2. The number of carbonyl (C=O) groups is 2. The van der Waals surface area contributed by atoms with Crippen molar-refractivity contribution in [1.82, 2.24) is 0 Å². The number of ether oxygens (including phenoxy) is 2. The summed E-state index contributed by atoms with van der Waals surface area (Å²) in [6, 6.07) is 5.61. The van der Waals surface area contributed by atoms with Gasteiger partial charge >= 0.3 is 11.9 Å². The van der Waals surface area contributed by atoms with E-state index in [2.05, 4.69) is 41.5 Å². The minimum absolute atomic E-state index is 0.355. The van der Waals surface area contributed by atoms with Gasteiger partial charge in [0.05, 0.1) is 24.3 Å². The molecule has 1 aromatic carbocycles. The predicted molar refractivity (Wildman–Crippen MR) is 151 cm³/mol. The second kappa shape index (κ2) is 19.3. The molecule has 3 atom stereocenters. The molecular weight excluding hydrogens is 448 g/mol. The van der Waals surface area contributed by atoms with Gasteiger partial charge in [-0.15, -0.1) is 0 Å². The van der Waals surface area contributed by atoms with Crippen LogP contribution in [0.5, 0.6) is 0 Å². The molecule has 1 rings (SSSR count). The van der Waals surface area contributed by atoms with E-state index in [1.807, 2.05) is 12.1 Å². The summed E-state index contributed by atoms with van der Waals surface area (Å²) < 4.78 is 11.6. The second-order valence-corrected chi connectivity index (χ2v) is 10.5. The highest BCUT2D eigenvalue weighted by Gasteiger charge is 2.25. The van der Waals surface area contributed by atoms with Crippen molar-refractivity contribution in [2.24, 2.45) is 17.8 Å². The van der Waals surface area contributed by atoms with E-state index in [9.17, 15) is 9.59 Å². The summed E-state index contributed by atoms with van der Waals surface area (Å²) in [4.78, 5) is 26.7. The maximum atomic E-state index is 13.5. The van der Waals surface area contributed by atoms with Crippen molar-refractivity contribution in [2.75, 3.05) is 13.2 Å². The molecule has 0 N–H and O–H groups in total. The maximum absolute atomic E-state index is 13.5. The molecule has 0 fully saturated rings. The summed E-state index contributed by atoms with van der Waals surface area (Å²) in [5.41, 5.74) is 1.69. The highest BCUT2D eigenvalue weighted by molar-refractivity contribution is 6.04. The molecule has 0 saturated carbocycles. The number of unbranched alkanes of at least 4 members (excludes halogenated alkanes) is 3. The maximum Gasteiger partial charge on any atom is 0.339 e. The molecule has 0 aliphatic carbocycles. The predicted octanol–water partition coefficient (Wildman–Crippen LogP) is 9.19. The average molecular weight is 503 g/mol. The third-order valence-electron chi connectivity index (χ3n) is 7.61. The van der Waals surface area contributed by atoms with Crippen molar-refractivity contribution in [3.05, 3.63) is 34.9 Å². The summed E-state index contributed by atoms with van der Waals surface area (Å²) in [6.45, 7) is 13.9. The minimum atomic E-state index is -0.404. The van der Waals surface area contributed by atoms with Gasteiger partial charge in [-0.25, -0.2) is 9.59 Å². The number of hydrogen-bond donors (Lipinski definition) is 0. The summed E-state index contributed by atoms with van der Waals surface area (Å²) in [6.07, 6.45) is 13.9. The Bertz CT molecular complexity index is 742. The highest BCUT2D eigenvalue weighted by Crippen LogP contribution is 2.26. The minimum Gasteiger partial charge on any atom is -0.462 e. The lowest BCUT2D eigenvalue weighted by Crippen LogP contribution is -2.21. The van der Waals surface area contributed by atoms with Gasteiger partial charge in [0.25, 0.3) is 0 Å². The number of hydrogen-bond acceptors (Lipinski definition) is 4. The van der Waals surface area contributed by atoms with E-state index >= 15 is 0 Å². The molecule has 4 nitrogen and oxygen atoms in total. The standard InChI is InChI=1S/C32H54O4/c1-7-13-17-25(10-4)22-28-20-16-21-29(31(33)35-23-26(11-5)18-14-8-2)30(28)32(34)36-24-27(12-6)19-15-9-3/h16,20-21,25-27H,7-15,17-19,22-24H2,1-6H3. The first-order valence-electron chi connectivity index (χ1n) is 14.9. The van der Waals surface area contributed by atoms with Crippen LogP contribution in [0.1, 0.15) is 145 Å². The van der Waals surface area contributed by atoms with E-state index in [1.54, 1.807) is 6.07 Å². The topological polar surface area (TPSA) is 52.6 Å². The van der Waals surface area contributed by atoms with Gasteiger partial charge in [0.2, 0.25) is 0 Å². The fraction of sp³-hybridized carbons (Fsp3) is 0.750. The molecule has 0 spiro atoms. The van der Waals surface area contributed by atoms with Crippen LogP contribution in [0.4, 0.5) is 0 Å². The highest BCUT2D eigenvalue weighted by atomic mass is 16.5. The SMILES string of the molecule is CCCCC(CC)COC(=O)c1cccc(CC(CC)CCCC)c1C(=O)OCC(CC)CCCC. The normalized spacial score (nSPS) is 13.7. The molecule has 206 valence electrons. The lowest BCUT2D eigenvalue weighted by Gasteiger charge is -2.20. The Morgan fingerprint density at radius 2 is 1.14 bits per heavy atom. The van der Waals surface area contributed by atoms with Crippen LogP contribution >= 0.6 is 0 Å². The summed E-state index contributed by atoms with van der Waals surface area (Å²) in [7, 11) is 0. The molecule has 0 aliphatic heterocycles. The fourth-order valence-corrected chi connectivity index (χ4v) is 4.77. The lowest BCUT2D eigenvalue weighted by atomic mass is 9.88. The van der Waals surface area contributed by atoms with Crippen molar-refractivity contribution < 1.29 is 19.1 Å². The van der Waals surface area contributed by atoms with Gasteiger partial charge in [-0.3, -0.25) is 0 Å². The Kier molecular flexibility index (Phi) is 17.3. The third kappa shape index (κ3) is 11.5. The molecule has 0 heterocycles. The molecule has 0 saturated heterocycles. The summed E-state index contributed by atoms with van der Waals surface area (Å²) in [5, 5.41) is 0. The Balaban J connectivity index is 3.17. The van der Waals surface area contributed by atoms with Crippen molar-refractivity contribution in [1.29, 1.82) is 0 Å². The van der Waals surface area contributed by atoms with Crippen LogP contribution in [0.15, 0.2) is 18.2 Å². The van der Waals surface area contributed by atoms with Gasteiger partial charge in [-0.2, -0.15) is 0 Å². The molecule has 4 heteroatoms. The van der Waals surface area contributed by atoms with Crippen LogP contribution < -0.4 is 0 Å². The fourth-order valence-electron chi connectivity index (χ4n) is 4.77. The Hall–Kier alpha value is -1.84. The first-order chi connectivity index (χ1) is 17.4. The van der Waals surface area contributed by atoms with Crippen LogP contribution in [0.25, 0.3) is 0 Å². The summed E-state index contributed by atoms with van der Waals surface area (Å²) in [5.74, 6) is 0.409. The number of rotatable bonds is 20. The number of carbonyl (C=O) groups excluding carboxylic acids is 2. The van der Waals surface area contributed by atoms with Crippen molar-refractivity contribution in [2.45, 2.75) is 125 Å². The molecule has 0 radical (unpaired) electrons. The van der Waals surface area contributed by atoms with Crippen molar-refractivity contribution >= 4 is 11.9 Å². The van der Waals surface area contributed by atoms with Crippen LogP contribution in [-0.2, 0) is 15.9 Å². The zero-order valence-corrected chi connectivity index (χ0v) is 24.2. The quantitative estimate of drug-likeness (QED) is 0.167. The molecule has 36 heavy (non-hydrogen) atoms. The molecule has 0 bridgehead atoms. The first-order valence-corrected chi connectivity index (χ1v) is 14.9. The number of benzene rings is 1. The molecular formula is C32H54O4. The van der Waals surface area contributed by atoms with Crippen molar-refractivity contribution in [3.8, 4) is 0 Å². The largest absolute Gasteiger partial charge is 0.462 e. The van der Waals surface area contributed by atoms with E-state index in [1.165, 1.54) is 6.42 Å². The lowest BCUT2D eigenvalue weighted by molar-refractivity contribution is 0.0380. The zero-order chi connectivity index (χ0) is 26.8. The second-order valence-electron chi connectivity index (χ2n) is 10.5. The third-order valence-corrected chi connectivity index (χ3v) is 7.61. The van der Waals surface area contributed by atoms with E-state index in [-0.39, 0.29) is 5.97 Å². The van der Waals surface area contributed by atoms with Crippen LogP contribution in [-0.4, -0.2) is 25.2 Å². The van der Waals surface area contributed by atoms with E-state index in [0.717, 1.165) is 82.6 Å². The molecule has 0 aliphatic rings. The van der Waals surface area contributed by atoms with E-state index < -0.39 is 5.97 Å². The van der Waals surface area contributed by atoms with Gasteiger partial charge < -0.3 is 9.47 Å². The van der Waals surface area contributed by atoms with Crippen LogP contribution in [0, 0.1) is 17.8 Å². The van der Waals surface area contributed by atoms with Crippen LogP contribution in [0.3, 0.4) is 0 Å². The molecule has 0 amide bonds. The molecule has 1 aromatic rings. The average Bonchev–Trinajstić information content (AvgIpc) is 2.90. The molecule has 3 unspecified atom stereocenters. The Morgan fingerprint density at radius 3 is 1.61 bits per heavy atom. The van der Waals surface area contributed by atoms with Gasteiger partial charge in [-0.05, 0) is 48.6 Å². The van der Waals surface area contributed by atoms with Gasteiger partial charge in [-0.1, -0.05) is 118 Å². The van der Waals surface area contributed by atoms with Gasteiger partial charge in [0.1, 0.15) is 0 Å². The summed E-state index contributed by atoms with van der Waals surface area (Å²) >= 11 is 0. The number of esters is 2.